The molecule has 0 saturated heterocycles. The average Bonchev–Trinajstić information content (AvgIpc) is 2.72. The molecule has 3 aromatic carbocycles. The molecule has 0 radical (unpaired) electrons. The molecule has 3 aromatic rings. The van der Waals surface area contributed by atoms with E-state index in [1.807, 2.05) is 36.4 Å². The standard InChI is InChI=1S/C25H28F3NOSi/c1-24(2,3)31(19-11-7-5-8-12-19,20-13-9-6-10-14-20)30-17-25(4,29)18-15-21(26)23(28)22(27)16-18/h5-16H,17,29H2,1-4H3. The third-order valence-electron chi connectivity index (χ3n) is 5.65. The van der Waals surface area contributed by atoms with E-state index in [1.165, 1.54) is 0 Å². The first kappa shape index (κ1) is 23.3. The van der Waals surface area contributed by atoms with Gasteiger partial charge < -0.3 is 10.2 Å². The minimum absolute atomic E-state index is 0.00476. The number of nitrogens with two attached hydrogens (primary N) is 1. The van der Waals surface area contributed by atoms with Crippen LogP contribution in [0.25, 0.3) is 0 Å². The highest BCUT2D eigenvalue weighted by Gasteiger charge is 2.51. The maximum atomic E-state index is 13.9. The second-order valence-electron chi connectivity index (χ2n) is 9.12. The van der Waals surface area contributed by atoms with E-state index in [-0.39, 0.29) is 17.2 Å². The van der Waals surface area contributed by atoms with Crippen molar-refractivity contribution in [1.82, 2.24) is 0 Å². The van der Waals surface area contributed by atoms with Crippen LogP contribution in [0, 0.1) is 17.5 Å². The molecule has 0 aromatic heterocycles. The lowest BCUT2D eigenvalue weighted by atomic mass is 9.94. The summed E-state index contributed by atoms with van der Waals surface area (Å²) in [5.74, 6) is -4.04. The van der Waals surface area contributed by atoms with E-state index in [2.05, 4.69) is 45.0 Å². The smallest absolute Gasteiger partial charge is 0.261 e. The summed E-state index contributed by atoms with van der Waals surface area (Å²) < 4.78 is 48.0. The van der Waals surface area contributed by atoms with Crippen LogP contribution >= 0.6 is 0 Å². The molecule has 2 N–H and O–H groups in total. The Hall–Kier alpha value is -2.41. The quantitative estimate of drug-likeness (QED) is 0.436. The van der Waals surface area contributed by atoms with Gasteiger partial charge >= 0.3 is 0 Å². The molecule has 6 heteroatoms. The Labute approximate surface area is 183 Å². The van der Waals surface area contributed by atoms with Crippen LogP contribution in [0.4, 0.5) is 13.2 Å². The van der Waals surface area contributed by atoms with Crippen LogP contribution in [0.15, 0.2) is 72.8 Å². The SMILES string of the molecule is CC(N)(CO[Si](c1ccccc1)(c1ccccc1)C(C)(C)C)c1cc(F)c(F)c(F)c1. The first-order valence-electron chi connectivity index (χ1n) is 10.2. The molecule has 0 bridgehead atoms. The fourth-order valence-electron chi connectivity index (χ4n) is 3.99. The molecule has 0 fully saturated rings. The average molecular weight is 444 g/mol. The molecule has 0 aliphatic heterocycles. The van der Waals surface area contributed by atoms with E-state index in [0.717, 1.165) is 22.5 Å². The van der Waals surface area contributed by atoms with Crippen molar-refractivity contribution in [2.45, 2.75) is 38.3 Å². The number of benzene rings is 3. The van der Waals surface area contributed by atoms with Gasteiger partial charge in [-0.1, -0.05) is 81.4 Å². The Morgan fingerprint density at radius 1 is 0.774 bits per heavy atom. The molecule has 2 nitrogen and oxygen atoms in total. The van der Waals surface area contributed by atoms with E-state index in [9.17, 15) is 13.2 Å². The van der Waals surface area contributed by atoms with Crippen molar-refractivity contribution in [2.75, 3.05) is 6.61 Å². The van der Waals surface area contributed by atoms with E-state index in [0.29, 0.717) is 0 Å². The first-order chi connectivity index (χ1) is 14.5. The molecule has 1 atom stereocenters. The Bertz CT molecular complexity index is 971. The maximum absolute atomic E-state index is 13.9. The third-order valence-corrected chi connectivity index (χ3v) is 10.6. The number of hydrogen-bond donors (Lipinski definition) is 1. The molecule has 0 aliphatic carbocycles. The zero-order chi connectivity index (χ0) is 22.9. The van der Waals surface area contributed by atoms with Crippen molar-refractivity contribution in [3.63, 3.8) is 0 Å². The van der Waals surface area contributed by atoms with Crippen LogP contribution in [0.1, 0.15) is 33.3 Å². The molecular formula is C25H28F3NOSi. The zero-order valence-corrected chi connectivity index (χ0v) is 19.3. The maximum Gasteiger partial charge on any atom is 0.261 e. The highest BCUT2D eigenvalue weighted by atomic mass is 28.4. The minimum atomic E-state index is -2.87. The van der Waals surface area contributed by atoms with E-state index in [1.54, 1.807) is 6.92 Å². The second kappa shape index (κ2) is 8.61. The van der Waals surface area contributed by atoms with Gasteiger partial charge in [-0.2, -0.15) is 0 Å². The van der Waals surface area contributed by atoms with Gasteiger partial charge in [0, 0.05) is 0 Å². The molecule has 0 heterocycles. The number of halogens is 3. The molecule has 0 amide bonds. The van der Waals surface area contributed by atoms with Gasteiger partial charge in [-0.05, 0) is 40.0 Å². The van der Waals surface area contributed by atoms with Crippen LogP contribution in [-0.2, 0) is 9.96 Å². The topological polar surface area (TPSA) is 35.2 Å². The largest absolute Gasteiger partial charge is 0.405 e. The van der Waals surface area contributed by atoms with E-state index in [4.69, 9.17) is 10.2 Å². The summed E-state index contributed by atoms with van der Waals surface area (Å²) in [6.07, 6.45) is 0. The highest BCUT2D eigenvalue weighted by molar-refractivity contribution is 6.99. The Morgan fingerprint density at radius 2 is 1.19 bits per heavy atom. The van der Waals surface area contributed by atoms with Crippen LogP contribution in [0.3, 0.4) is 0 Å². The van der Waals surface area contributed by atoms with Gasteiger partial charge in [-0.3, -0.25) is 0 Å². The molecule has 0 aliphatic rings. The van der Waals surface area contributed by atoms with Gasteiger partial charge in [0.05, 0.1) is 12.1 Å². The highest BCUT2D eigenvalue weighted by Crippen LogP contribution is 2.37. The van der Waals surface area contributed by atoms with Crippen LogP contribution in [-0.4, -0.2) is 14.9 Å². The van der Waals surface area contributed by atoms with Crippen LogP contribution < -0.4 is 16.1 Å². The van der Waals surface area contributed by atoms with Crippen molar-refractivity contribution < 1.29 is 17.6 Å². The lowest BCUT2D eigenvalue weighted by Crippen LogP contribution is -2.67. The van der Waals surface area contributed by atoms with E-state index < -0.39 is 31.3 Å². The van der Waals surface area contributed by atoms with Gasteiger partial charge in [0.25, 0.3) is 8.32 Å². The van der Waals surface area contributed by atoms with Gasteiger partial charge in [0.2, 0.25) is 0 Å². The summed E-state index contributed by atoms with van der Waals surface area (Å²) in [7, 11) is -2.87. The summed E-state index contributed by atoms with van der Waals surface area (Å²) in [5.41, 5.74) is 5.38. The number of rotatable bonds is 6. The van der Waals surface area contributed by atoms with Gasteiger partial charge in [0.15, 0.2) is 17.5 Å². The minimum Gasteiger partial charge on any atom is -0.405 e. The summed E-state index contributed by atoms with van der Waals surface area (Å²) in [4.78, 5) is 0. The normalized spacial score (nSPS) is 14.3. The molecule has 3 rings (SSSR count). The summed E-state index contributed by atoms with van der Waals surface area (Å²) in [5, 5.41) is 1.87. The van der Waals surface area contributed by atoms with Crippen LogP contribution in [0.5, 0.6) is 0 Å². The van der Waals surface area contributed by atoms with Gasteiger partial charge in [-0.15, -0.1) is 0 Å². The summed E-state index contributed by atoms with van der Waals surface area (Å²) in [6, 6.07) is 21.9. The fourth-order valence-corrected chi connectivity index (χ4v) is 8.66. The fraction of sp³-hybridized carbons (Fsp3) is 0.280. The van der Waals surface area contributed by atoms with Crippen LogP contribution in [0.2, 0.25) is 5.04 Å². The first-order valence-corrected chi connectivity index (χ1v) is 12.1. The third kappa shape index (κ3) is 4.47. The van der Waals surface area contributed by atoms with Crippen molar-refractivity contribution in [3.05, 3.63) is 95.8 Å². The second-order valence-corrected chi connectivity index (χ2v) is 13.4. The predicted molar refractivity (Wildman–Crippen MR) is 121 cm³/mol. The predicted octanol–water partition coefficient (Wildman–Crippen LogP) is 4.85. The van der Waals surface area contributed by atoms with Crippen molar-refractivity contribution in [1.29, 1.82) is 0 Å². The van der Waals surface area contributed by atoms with E-state index >= 15 is 0 Å². The molecular weight excluding hydrogens is 415 g/mol. The van der Waals surface area contributed by atoms with Gasteiger partial charge in [-0.25, -0.2) is 13.2 Å². The molecule has 31 heavy (non-hydrogen) atoms. The Kier molecular flexibility index (Phi) is 6.46. The Balaban J connectivity index is 2.10. The lowest BCUT2D eigenvalue weighted by Gasteiger charge is -2.44. The Morgan fingerprint density at radius 3 is 1.58 bits per heavy atom. The molecule has 164 valence electrons. The van der Waals surface area contributed by atoms with Crippen molar-refractivity contribution in [2.24, 2.45) is 5.73 Å². The molecule has 0 spiro atoms. The van der Waals surface area contributed by atoms with Crippen molar-refractivity contribution >= 4 is 18.7 Å². The summed E-state index contributed by atoms with van der Waals surface area (Å²) in [6.45, 7) is 8.03. The zero-order valence-electron chi connectivity index (χ0n) is 18.3. The summed E-state index contributed by atoms with van der Waals surface area (Å²) >= 11 is 0. The van der Waals surface area contributed by atoms with Crippen molar-refractivity contribution in [3.8, 4) is 0 Å². The number of hydrogen-bond acceptors (Lipinski definition) is 2. The lowest BCUT2D eigenvalue weighted by molar-refractivity contribution is 0.218. The molecule has 1 unspecified atom stereocenters. The molecule has 0 saturated carbocycles. The van der Waals surface area contributed by atoms with Gasteiger partial charge in [0.1, 0.15) is 0 Å². The monoisotopic (exact) mass is 443 g/mol.